The number of aromatic nitrogens is 2. The van der Waals surface area contributed by atoms with E-state index in [0.717, 1.165) is 35.6 Å². The number of nitrogens with zero attached hydrogens (tertiary/aromatic N) is 3. The van der Waals surface area contributed by atoms with E-state index in [-0.39, 0.29) is 0 Å². The lowest BCUT2D eigenvalue weighted by Gasteiger charge is -2.30. The van der Waals surface area contributed by atoms with Gasteiger partial charge in [0.2, 0.25) is 0 Å². The lowest BCUT2D eigenvalue weighted by atomic mass is 9.95. The Kier molecular flexibility index (Phi) is 4.69. The molecule has 1 N–H and O–H groups in total. The van der Waals surface area contributed by atoms with Crippen LogP contribution in [0, 0.1) is 0 Å². The molecular weight excluding hydrogens is 364 g/mol. The van der Waals surface area contributed by atoms with Crippen molar-refractivity contribution in [3.05, 3.63) is 46.2 Å². The van der Waals surface area contributed by atoms with Crippen LogP contribution in [0.25, 0.3) is 0 Å². The molecular formula is C19H23BrN4. The lowest BCUT2D eigenvalue weighted by Crippen LogP contribution is -2.31. The number of hydrogen-bond donors (Lipinski definition) is 1. The molecule has 4 rings (SSSR count). The summed E-state index contributed by atoms with van der Waals surface area (Å²) in [7, 11) is 0. The molecule has 0 atom stereocenters. The molecule has 126 valence electrons. The van der Waals surface area contributed by atoms with Crippen LogP contribution in [-0.4, -0.2) is 22.6 Å². The topological polar surface area (TPSA) is 41.0 Å². The molecule has 1 aromatic heterocycles. The first-order valence-corrected chi connectivity index (χ1v) is 9.68. The zero-order valence-corrected chi connectivity index (χ0v) is 15.4. The average Bonchev–Trinajstić information content (AvgIpc) is 2.62. The standard InChI is InChI=1S/C19H23BrN4/c20-16-7-6-15-12-24(9-8-14(15)10-16)19-11-18(21-13-22-19)23-17-4-2-1-3-5-17/h6-7,10-11,13,17H,1-5,8-9,12H2,(H,21,22,23). The predicted molar refractivity (Wildman–Crippen MR) is 101 cm³/mol. The minimum atomic E-state index is 0.570. The van der Waals surface area contributed by atoms with E-state index in [0.29, 0.717) is 6.04 Å². The van der Waals surface area contributed by atoms with E-state index in [1.807, 2.05) is 0 Å². The highest BCUT2D eigenvalue weighted by atomic mass is 79.9. The molecule has 1 aliphatic carbocycles. The Morgan fingerprint density at radius 3 is 2.79 bits per heavy atom. The van der Waals surface area contributed by atoms with Gasteiger partial charge in [-0.25, -0.2) is 9.97 Å². The van der Waals surface area contributed by atoms with Gasteiger partial charge in [0.1, 0.15) is 18.0 Å². The van der Waals surface area contributed by atoms with Gasteiger partial charge < -0.3 is 10.2 Å². The van der Waals surface area contributed by atoms with Gasteiger partial charge >= 0.3 is 0 Å². The van der Waals surface area contributed by atoms with Crippen LogP contribution in [0.3, 0.4) is 0 Å². The van der Waals surface area contributed by atoms with E-state index >= 15 is 0 Å². The van der Waals surface area contributed by atoms with Crippen LogP contribution >= 0.6 is 15.9 Å². The Morgan fingerprint density at radius 2 is 1.92 bits per heavy atom. The highest BCUT2D eigenvalue weighted by molar-refractivity contribution is 9.10. The molecule has 0 amide bonds. The van der Waals surface area contributed by atoms with Gasteiger partial charge in [-0.2, -0.15) is 0 Å². The molecule has 4 nitrogen and oxygen atoms in total. The van der Waals surface area contributed by atoms with Crippen LogP contribution in [0.15, 0.2) is 35.1 Å². The number of anilines is 2. The monoisotopic (exact) mass is 386 g/mol. The van der Waals surface area contributed by atoms with E-state index < -0.39 is 0 Å². The maximum absolute atomic E-state index is 4.51. The van der Waals surface area contributed by atoms with Crippen LogP contribution in [0.2, 0.25) is 0 Å². The molecule has 24 heavy (non-hydrogen) atoms. The largest absolute Gasteiger partial charge is 0.367 e. The van der Waals surface area contributed by atoms with Crippen LogP contribution in [0.1, 0.15) is 43.2 Å². The first-order chi connectivity index (χ1) is 11.8. The second-order valence-corrected chi connectivity index (χ2v) is 7.74. The molecule has 0 bridgehead atoms. The Hall–Kier alpha value is -1.62. The van der Waals surface area contributed by atoms with Crippen molar-refractivity contribution in [3.8, 4) is 0 Å². The van der Waals surface area contributed by atoms with Crippen LogP contribution in [0.4, 0.5) is 11.6 Å². The van der Waals surface area contributed by atoms with Gasteiger partial charge in [0.15, 0.2) is 0 Å². The summed E-state index contributed by atoms with van der Waals surface area (Å²) in [5, 5.41) is 3.60. The molecule has 1 fully saturated rings. The fourth-order valence-electron chi connectivity index (χ4n) is 3.77. The maximum Gasteiger partial charge on any atom is 0.134 e. The van der Waals surface area contributed by atoms with Crippen molar-refractivity contribution in [2.45, 2.75) is 51.1 Å². The lowest BCUT2D eigenvalue weighted by molar-refractivity contribution is 0.462. The number of nitrogens with one attached hydrogen (secondary N) is 1. The zero-order valence-electron chi connectivity index (χ0n) is 13.8. The Balaban J connectivity index is 1.48. The van der Waals surface area contributed by atoms with Crippen molar-refractivity contribution in [1.82, 2.24) is 9.97 Å². The molecule has 0 saturated heterocycles. The van der Waals surface area contributed by atoms with Gasteiger partial charge in [0.25, 0.3) is 0 Å². The summed E-state index contributed by atoms with van der Waals surface area (Å²) in [4.78, 5) is 11.3. The third-order valence-corrected chi connectivity index (χ3v) is 5.61. The Morgan fingerprint density at radius 1 is 1.04 bits per heavy atom. The van der Waals surface area contributed by atoms with Gasteiger partial charge in [-0.05, 0) is 42.5 Å². The number of fused-ring (bicyclic) bond motifs is 1. The van der Waals surface area contributed by atoms with Crippen molar-refractivity contribution < 1.29 is 0 Å². The van der Waals surface area contributed by atoms with Gasteiger partial charge in [-0.15, -0.1) is 0 Å². The third-order valence-electron chi connectivity index (χ3n) is 5.11. The Bertz CT molecular complexity index is 712. The number of halogens is 1. The predicted octanol–water partition coefficient (Wildman–Crippen LogP) is 4.55. The van der Waals surface area contributed by atoms with Gasteiger partial charge in [-0.1, -0.05) is 41.3 Å². The number of rotatable bonds is 3. The summed E-state index contributed by atoms with van der Waals surface area (Å²) in [5.74, 6) is 1.99. The Labute approximate surface area is 151 Å². The van der Waals surface area contributed by atoms with Gasteiger partial charge in [-0.3, -0.25) is 0 Å². The molecule has 5 heteroatoms. The fourth-order valence-corrected chi connectivity index (χ4v) is 4.18. The molecule has 1 aliphatic heterocycles. The van der Waals surface area contributed by atoms with Crippen LogP contribution in [-0.2, 0) is 13.0 Å². The molecule has 0 radical (unpaired) electrons. The first-order valence-electron chi connectivity index (χ1n) is 8.89. The van der Waals surface area contributed by atoms with E-state index in [1.54, 1.807) is 6.33 Å². The summed E-state index contributed by atoms with van der Waals surface area (Å²) < 4.78 is 1.16. The summed E-state index contributed by atoms with van der Waals surface area (Å²) >= 11 is 3.56. The van der Waals surface area contributed by atoms with Crippen molar-refractivity contribution in [3.63, 3.8) is 0 Å². The van der Waals surface area contributed by atoms with Gasteiger partial charge in [0.05, 0.1) is 0 Å². The molecule has 2 heterocycles. The number of hydrogen-bond acceptors (Lipinski definition) is 4. The third kappa shape index (κ3) is 3.56. The average molecular weight is 387 g/mol. The second kappa shape index (κ2) is 7.09. The summed E-state index contributed by atoms with van der Waals surface area (Å²) in [6.45, 7) is 1.92. The molecule has 1 aromatic carbocycles. The molecule has 0 spiro atoms. The quantitative estimate of drug-likeness (QED) is 0.839. The molecule has 0 unspecified atom stereocenters. The smallest absolute Gasteiger partial charge is 0.134 e. The van der Waals surface area contributed by atoms with Crippen molar-refractivity contribution in [2.75, 3.05) is 16.8 Å². The van der Waals surface area contributed by atoms with E-state index in [1.165, 1.54) is 43.2 Å². The molecule has 2 aliphatic rings. The normalized spacial score (nSPS) is 18.3. The van der Waals surface area contributed by atoms with E-state index in [4.69, 9.17) is 0 Å². The molecule has 2 aromatic rings. The van der Waals surface area contributed by atoms with E-state index in [9.17, 15) is 0 Å². The van der Waals surface area contributed by atoms with Crippen LogP contribution < -0.4 is 10.2 Å². The summed E-state index contributed by atoms with van der Waals surface area (Å²) in [6.07, 6.45) is 9.29. The highest BCUT2D eigenvalue weighted by Gasteiger charge is 2.19. The van der Waals surface area contributed by atoms with Crippen molar-refractivity contribution >= 4 is 27.6 Å². The maximum atomic E-state index is 4.51. The number of benzene rings is 1. The van der Waals surface area contributed by atoms with Crippen molar-refractivity contribution in [1.29, 1.82) is 0 Å². The SMILES string of the molecule is Brc1ccc2c(c1)CCN(c1cc(NC3CCCCC3)ncn1)C2. The highest BCUT2D eigenvalue weighted by Crippen LogP contribution is 2.27. The second-order valence-electron chi connectivity index (χ2n) is 6.83. The zero-order chi connectivity index (χ0) is 16.4. The summed E-state index contributed by atoms with van der Waals surface area (Å²) in [6, 6.07) is 9.26. The van der Waals surface area contributed by atoms with E-state index in [2.05, 4.69) is 60.4 Å². The summed E-state index contributed by atoms with van der Waals surface area (Å²) in [5.41, 5.74) is 2.83. The first kappa shape index (κ1) is 15.9. The van der Waals surface area contributed by atoms with Crippen molar-refractivity contribution in [2.24, 2.45) is 0 Å². The van der Waals surface area contributed by atoms with Gasteiger partial charge in [0, 0.05) is 29.7 Å². The minimum absolute atomic E-state index is 0.570. The molecule has 1 saturated carbocycles. The van der Waals surface area contributed by atoms with Crippen LogP contribution in [0.5, 0.6) is 0 Å². The minimum Gasteiger partial charge on any atom is -0.367 e. The fraction of sp³-hybridized carbons (Fsp3) is 0.474.